The first-order valence-corrected chi connectivity index (χ1v) is 7.49. The van der Waals surface area contributed by atoms with Gasteiger partial charge in [0, 0.05) is 4.88 Å². The van der Waals surface area contributed by atoms with E-state index in [1.165, 1.54) is 17.4 Å². The maximum Gasteiger partial charge on any atom is 0.324 e. The van der Waals surface area contributed by atoms with Crippen LogP contribution in [-0.4, -0.2) is 37.2 Å². The average molecular weight is 344 g/mol. The summed E-state index contributed by atoms with van der Waals surface area (Å²) in [6.07, 6.45) is 0. The Morgan fingerprint density at radius 3 is 2.59 bits per heavy atom. The van der Waals surface area contributed by atoms with Crippen LogP contribution in [0, 0.1) is 6.92 Å². The molecule has 0 saturated carbocycles. The van der Waals surface area contributed by atoms with Gasteiger partial charge in [0.15, 0.2) is 0 Å². The Labute approximate surface area is 110 Å². The van der Waals surface area contributed by atoms with E-state index in [1.807, 2.05) is 4.72 Å². The maximum atomic E-state index is 11.8. The molecule has 17 heavy (non-hydrogen) atoms. The first-order valence-electron chi connectivity index (χ1n) is 4.40. The minimum Gasteiger partial charge on any atom is -0.480 e. The number of carboxylic acid groups (broad SMARTS) is 1. The van der Waals surface area contributed by atoms with Crippen LogP contribution in [0.25, 0.3) is 0 Å². The van der Waals surface area contributed by atoms with Gasteiger partial charge < -0.3 is 10.2 Å². The molecule has 0 aliphatic carbocycles. The van der Waals surface area contributed by atoms with E-state index >= 15 is 0 Å². The van der Waals surface area contributed by atoms with E-state index in [4.69, 9.17) is 10.2 Å². The molecule has 0 amide bonds. The number of hydrogen-bond acceptors (Lipinski definition) is 5. The molecule has 0 radical (unpaired) electrons. The number of carboxylic acids is 1. The number of aliphatic carboxylic acids is 1. The summed E-state index contributed by atoms with van der Waals surface area (Å²) in [7, 11) is -3.94. The summed E-state index contributed by atoms with van der Waals surface area (Å²) in [6, 6.07) is -0.156. The van der Waals surface area contributed by atoms with E-state index in [2.05, 4.69) is 15.9 Å². The van der Waals surface area contributed by atoms with E-state index in [9.17, 15) is 13.2 Å². The Bertz CT molecular complexity index is 524. The van der Waals surface area contributed by atoms with Crippen LogP contribution < -0.4 is 4.72 Å². The third kappa shape index (κ3) is 3.49. The summed E-state index contributed by atoms with van der Waals surface area (Å²) in [5.41, 5.74) is 0. The Kier molecular flexibility index (Phi) is 4.67. The minimum absolute atomic E-state index is 0.00840. The second-order valence-electron chi connectivity index (χ2n) is 3.17. The number of sulfonamides is 1. The molecule has 3 N–H and O–H groups in total. The van der Waals surface area contributed by atoms with Crippen LogP contribution in [-0.2, 0) is 14.8 Å². The van der Waals surface area contributed by atoms with Gasteiger partial charge in [0.1, 0.15) is 6.04 Å². The van der Waals surface area contributed by atoms with Crippen LogP contribution in [0.4, 0.5) is 0 Å². The monoisotopic (exact) mass is 343 g/mol. The lowest BCUT2D eigenvalue weighted by Gasteiger charge is -2.11. The van der Waals surface area contributed by atoms with Crippen LogP contribution in [0.3, 0.4) is 0 Å². The SMILES string of the molecule is Cc1sc(Br)cc1S(=O)(=O)N[C@@H](CO)C(=O)O. The standard InChI is InChI=1S/C8H10BrNO5S2/c1-4-6(2-7(9)16-4)17(14,15)10-5(3-11)8(12)13/h2,5,10-11H,3H2,1H3,(H,12,13)/t5-/m0/s1. The van der Waals surface area contributed by atoms with Crippen molar-refractivity contribution < 1.29 is 23.4 Å². The van der Waals surface area contributed by atoms with Gasteiger partial charge in [-0.2, -0.15) is 4.72 Å². The fourth-order valence-corrected chi connectivity index (χ4v) is 4.71. The molecule has 6 nitrogen and oxygen atoms in total. The van der Waals surface area contributed by atoms with Gasteiger partial charge in [-0.05, 0) is 28.9 Å². The number of aliphatic hydroxyl groups excluding tert-OH is 1. The number of rotatable bonds is 5. The lowest BCUT2D eigenvalue weighted by molar-refractivity contribution is -0.139. The van der Waals surface area contributed by atoms with E-state index < -0.39 is 28.6 Å². The number of halogens is 1. The summed E-state index contributed by atoms with van der Waals surface area (Å²) >= 11 is 4.37. The summed E-state index contributed by atoms with van der Waals surface area (Å²) in [4.78, 5) is 11.2. The Hall–Kier alpha value is -0.480. The molecule has 1 aromatic heterocycles. The molecule has 0 bridgehead atoms. The van der Waals surface area contributed by atoms with Crippen molar-refractivity contribution in [2.75, 3.05) is 6.61 Å². The molecule has 0 fully saturated rings. The van der Waals surface area contributed by atoms with Crippen molar-refractivity contribution in [1.29, 1.82) is 0 Å². The molecule has 0 aliphatic heterocycles. The number of nitrogens with one attached hydrogen (secondary N) is 1. The van der Waals surface area contributed by atoms with Crippen molar-refractivity contribution in [1.82, 2.24) is 4.72 Å². The zero-order valence-corrected chi connectivity index (χ0v) is 11.9. The van der Waals surface area contributed by atoms with Gasteiger partial charge in [-0.1, -0.05) is 0 Å². The predicted octanol–water partition coefficient (Wildman–Crippen LogP) is 0.543. The molecule has 9 heteroatoms. The van der Waals surface area contributed by atoms with Gasteiger partial charge in [-0.3, -0.25) is 4.79 Å². The lowest BCUT2D eigenvalue weighted by atomic mass is 10.3. The Morgan fingerprint density at radius 2 is 2.24 bits per heavy atom. The molecule has 0 aromatic carbocycles. The summed E-state index contributed by atoms with van der Waals surface area (Å²) < 4.78 is 26.2. The zero-order chi connectivity index (χ0) is 13.2. The van der Waals surface area contributed by atoms with E-state index in [0.29, 0.717) is 8.66 Å². The summed E-state index contributed by atoms with van der Waals surface area (Å²) in [6.45, 7) is 0.803. The highest BCUT2D eigenvalue weighted by molar-refractivity contribution is 9.11. The van der Waals surface area contributed by atoms with Gasteiger partial charge in [0.2, 0.25) is 10.0 Å². The maximum absolute atomic E-state index is 11.8. The van der Waals surface area contributed by atoms with Gasteiger partial charge in [0.05, 0.1) is 15.3 Å². The third-order valence-corrected chi connectivity index (χ3v) is 5.19. The van der Waals surface area contributed by atoms with Crippen LogP contribution in [0.15, 0.2) is 14.7 Å². The molecular weight excluding hydrogens is 334 g/mol. The smallest absolute Gasteiger partial charge is 0.324 e. The summed E-state index contributed by atoms with van der Waals surface area (Å²) in [5.74, 6) is -1.43. The Morgan fingerprint density at radius 1 is 1.65 bits per heavy atom. The van der Waals surface area contributed by atoms with Gasteiger partial charge in [-0.15, -0.1) is 11.3 Å². The molecule has 0 aliphatic rings. The van der Waals surface area contributed by atoms with E-state index in [1.54, 1.807) is 6.92 Å². The highest BCUT2D eigenvalue weighted by atomic mass is 79.9. The van der Waals surface area contributed by atoms with E-state index in [0.717, 1.165) is 0 Å². The highest BCUT2D eigenvalue weighted by Crippen LogP contribution is 2.29. The molecular formula is C8H10BrNO5S2. The molecule has 1 heterocycles. The molecule has 0 unspecified atom stereocenters. The first-order chi connectivity index (χ1) is 7.77. The number of thiophene rings is 1. The fourth-order valence-electron chi connectivity index (χ4n) is 1.11. The molecule has 1 atom stereocenters. The second kappa shape index (κ2) is 5.44. The van der Waals surface area contributed by atoms with E-state index in [-0.39, 0.29) is 4.90 Å². The predicted molar refractivity (Wildman–Crippen MR) is 65.6 cm³/mol. The number of carbonyl (C=O) groups is 1. The molecule has 96 valence electrons. The van der Waals surface area contributed by atoms with Crippen molar-refractivity contribution >= 4 is 43.3 Å². The molecule has 1 aromatic rings. The second-order valence-corrected chi connectivity index (χ2v) is 7.48. The van der Waals surface area contributed by atoms with Crippen molar-refractivity contribution in [3.63, 3.8) is 0 Å². The first kappa shape index (κ1) is 14.6. The van der Waals surface area contributed by atoms with Crippen molar-refractivity contribution in [2.24, 2.45) is 0 Å². The van der Waals surface area contributed by atoms with Crippen LogP contribution >= 0.6 is 27.3 Å². The van der Waals surface area contributed by atoms with Gasteiger partial charge in [0.25, 0.3) is 0 Å². The fraction of sp³-hybridized carbons (Fsp3) is 0.375. The van der Waals surface area contributed by atoms with Gasteiger partial charge >= 0.3 is 5.97 Å². The highest BCUT2D eigenvalue weighted by Gasteiger charge is 2.26. The van der Waals surface area contributed by atoms with Gasteiger partial charge in [-0.25, -0.2) is 8.42 Å². The molecule has 1 rings (SSSR count). The van der Waals surface area contributed by atoms with Crippen molar-refractivity contribution in [3.8, 4) is 0 Å². The van der Waals surface area contributed by atoms with Crippen LogP contribution in [0.1, 0.15) is 4.88 Å². The Balaban J connectivity index is 3.04. The van der Waals surface area contributed by atoms with Crippen molar-refractivity contribution in [3.05, 3.63) is 14.7 Å². The molecule has 0 saturated heterocycles. The third-order valence-electron chi connectivity index (χ3n) is 1.91. The summed E-state index contributed by atoms with van der Waals surface area (Å²) in [5, 5.41) is 17.4. The minimum atomic E-state index is -3.94. The lowest BCUT2D eigenvalue weighted by Crippen LogP contribution is -2.43. The number of hydrogen-bond donors (Lipinski definition) is 3. The van der Waals surface area contributed by atoms with Crippen LogP contribution in [0.2, 0.25) is 0 Å². The van der Waals surface area contributed by atoms with Crippen LogP contribution in [0.5, 0.6) is 0 Å². The topological polar surface area (TPSA) is 104 Å². The molecule has 0 spiro atoms. The zero-order valence-electron chi connectivity index (χ0n) is 8.68. The number of aryl methyl sites for hydroxylation is 1. The largest absolute Gasteiger partial charge is 0.480 e. The average Bonchev–Trinajstić information content (AvgIpc) is 2.54. The number of aliphatic hydroxyl groups is 1. The van der Waals surface area contributed by atoms with Crippen molar-refractivity contribution in [2.45, 2.75) is 17.9 Å². The quantitative estimate of drug-likeness (QED) is 0.723. The normalized spacial score (nSPS) is 13.6.